The molecule has 3 aromatic carbocycles. The second-order valence-corrected chi connectivity index (χ2v) is 12.4. The molecule has 6 nitrogen and oxygen atoms in total. The molecule has 1 amide bonds. The number of sulfone groups is 1. The van der Waals surface area contributed by atoms with Gasteiger partial charge in [-0.1, -0.05) is 44.0 Å². The molecule has 0 spiro atoms. The van der Waals surface area contributed by atoms with Crippen LogP contribution in [-0.4, -0.2) is 56.8 Å². The number of halogens is 2. The fourth-order valence-electron chi connectivity index (χ4n) is 4.34. The van der Waals surface area contributed by atoms with Crippen molar-refractivity contribution < 1.29 is 27.1 Å². The van der Waals surface area contributed by atoms with E-state index in [1.165, 1.54) is 43.2 Å². The third-order valence-electron chi connectivity index (χ3n) is 7.03. The van der Waals surface area contributed by atoms with E-state index in [1.807, 2.05) is 4.90 Å². The number of carbonyl (C=O) groups is 1. The number of rotatable bonds is 5. The molecule has 1 N–H and O–H groups in total. The molecule has 5 rings (SSSR count). The van der Waals surface area contributed by atoms with Gasteiger partial charge in [-0.15, -0.1) is 0 Å². The molecule has 208 valence electrons. The molecule has 1 saturated carbocycles. The molecule has 0 radical (unpaired) electrons. The maximum absolute atomic E-state index is 14.6. The number of hydrogen-bond acceptors (Lipinski definition) is 5. The highest BCUT2D eigenvalue weighted by molar-refractivity contribution is 7.90. The summed E-state index contributed by atoms with van der Waals surface area (Å²) >= 11 is 0. The molecule has 0 aromatic heterocycles. The number of carbonyl (C=O) groups excluding carboxylic acids is 1. The Morgan fingerprint density at radius 3 is 2.08 bits per heavy atom. The van der Waals surface area contributed by atoms with Crippen LogP contribution in [0.5, 0.6) is 0 Å². The number of hydrogen-bond donors (Lipinski definition) is 1. The topological polar surface area (TPSA) is 77.9 Å². The molecule has 1 atom stereocenters. The van der Waals surface area contributed by atoms with Crippen LogP contribution < -0.4 is 4.90 Å². The lowest BCUT2D eigenvalue weighted by atomic mass is 9.98. The van der Waals surface area contributed by atoms with Crippen LogP contribution in [0.15, 0.2) is 65.6 Å². The number of anilines is 1. The van der Waals surface area contributed by atoms with Crippen LogP contribution in [0.3, 0.4) is 0 Å². The summed E-state index contributed by atoms with van der Waals surface area (Å²) in [5.74, 6) is -0.124. The molecule has 1 unspecified atom stereocenters. The first-order valence-electron chi connectivity index (χ1n) is 13.1. The number of aliphatic hydroxyl groups is 1. The number of piperazine rings is 1. The molecule has 2 aliphatic rings. The van der Waals surface area contributed by atoms with Crippen molar-refractivity contribution in [3.63, 3.8) is 0 Å². The maximum Gasteiger partial charge on any atom is 0.254 e. The molecular formula is C30H34F2N2O4S. The summed E-state index contributed by atoms with van der Waals surface area (Å²) in [6.07, 6.45) is 3.27. The van der Waals surface area contributed by atoms with Gasteiger partial charge in [0.15, 0.2) is 9.84 Å². The smallest absolute Gasteiger partial charge is 0.254 e. The Balaban J connectivity index is 0.000000808. The van der Waals surface area contributed by atoms with E-state index in [0.29, 0.717) is 48.6 Å². The van der Waals surface area contributed by atoms with Crippen molar-refractivity contribution in [1.82, 2.24) is 4.90 Å². The SMILES string of the molecule is CC(O)c1ccc(N2CCN(C(=O)c3cc(S(C)(=O)=O)ccc3-c3ccc(F)cc3)CC2)c(F)c1.CC1CC1. The summed E-state index contributed by atoms with van der Waals surface area (Å²) in [6, 6.07) is 14.6. The van der Waals surface area contributed by atoms with Gasteiger partial charge in [0.2, 0.25) is 0 Å². The molecule has 1 aliphatic heterocycles. The first kappa shape index (κ1) is 28.7. The summed E-state index contributed by atoms with van der Waals surface area (Å²) in [5.41, 5.74) is 2.19. The van der Waals surface area contributed by atoms with E-state index >= 15 is 0 Å². The molecule has 3 aromatic rings. The van der Waals surface area contributed by atoms with Crippen molar-refractivity contribution in [2.75, 3.05) is 37.3 Å². The zero-order valence-corrected chi connectivity index (χ0v) is 23.2. The number of aliphatic hydroxyl groups excluding tert-OH is 1. The van der Waals surface area contributed by atoms with Crippen LogP contribution in [-0.2, 0) is 9.84 Å². The van der Waals surface area contributed by atoms with Gasteiger partial charge in [-0.05, 0) is 65.9 Å². The van der Waals surface area contributed by atoms with E-state index in [0.717, 1.165) is 12.2 Å². The summed E-state index contributed by atoms with van der Waals surface area (Å²) in [5, 5.41) is 9.66. The van der Waals surface area contributed by atoms with Crippen molar-refractivity contribution in [2.24, 2.45) is 5.92 Å². The zero-order chi connectivity index (χ0) is 28.3. The quantitative estimate of drug-likeness (QED) is 0.451. The first-order chi connectivity index (χ1) is 18.4. The molecule has 39 heavy (non-hydrogen) atoms. The first-order valence-corrected chi connectivity index (χ1v) is 14.9. The van der Waals surface area contributed by atoms with Crippen LogP contribution in [0, 0.1) is 17.6 Å². The summed E-state index contributed by atoms with van der Waals surface area (Å²) < 4.78 is 52.3. The summed E-state index contributed by atoms with van der Waals surface area (Å²) in [6.45, 7) is 5.23. The summed E-state index contributed by atoms with van der Waals surface area (Å²) in [7, 11) is -3.55. The van der Waals surface area contributed by atoms with Crippen molar-refractivity contribution in [3.05, 3.63) is 83.4 Å². The molecular weight excluding hydrogens is 522 g/mol. The maximum atomic E-state index is 14.6. The molecule has 1 heterocycles. The average molecular weight is 557 g/mol. The van der Waals surface area contributed by atoms with Gasteiger partial charge in [0.25, 0.3) is 5.91 Å². The average Bonchev–Trinajstić information content (AvgIpc) is 3.70. The normalized spacial score (nSPS) is 16.4. The predicted molar refractivity (Wildman–Crippen MR) is 148 cm³/mol. The molecule has 9 heteroatoms. The van der Waals surface area contributed by atoms with E-state index in [2.05, 4.69) is 6.92 Å². The highest BCUT2D eigenvalue weighted by atomic mass is 32.2. The Hall–Kier alpha value is -3.30. The monoisotopic (exact) mass is 556 g/mol. The van der Waals surface area contributed by atoms with Crippen LogP contribution in [0.4, 0.5) is 14.5 Å². The molecule has 0 bridgehead atoms. The van der Waals surface area contributed by atoms with Gasteiger partial charge in [0.05, 0.1) is 16.7 Å². The minimum Gasteiger partial charge on any atom is -0.389 e. The van der Waals surface area contributed by atoms with Gasteiger partial charge in [-0.2, -0.15) is 0 Å². The van der Waals surface area contributed by atoms with Gasteiger partial charge in [-0.3, -0.25) is 4.79 Å². The van der Waals surface area contributed by atoms with Crippen molar-refractivity contribution in [3.8, 4) is 11.1 Å². The van der Waals surface area contributed by atoms with E-state index < -0.39 is 27.6 Å². The Labute approximate surface area is 228 Å². The predicted octanol–water partition coefficient (Wildman–Crippen LogP) is 5.47. The molecule has 2 fully saturated rings. The van der Waals surface area contributed by atoms with E-state index in [4.69, 9.17) is 0 Å². The van der Waals surface area contributed by atoms with E-state index in [9.17, 15) is 27.1 Å². The third-order valence-corrected chi connectivity index (χ3v) is 8.14. The Morgan fingerprint density at radius 2 is 1.56 bits per heavy atom. The fraction of sp³-hybridized carbons (Fsp3) is 0.367. The minimum atomic E-state index is -3.55. The lowest BCUT2D eigenvalue weighted by Crippen LogP contribution is -2.49. The second-order valence-electron chi connectivity index (χ2n) is 10.3. The van der Waals surface area contributed by atoms with Crippen molar-refractivity contribution in [2.45, 2.75) is 37.7 Å². The summed E-state index contributed by atoms with van der Waals surface area (Å²) in [4.78, 5) is 17.0. The van der Waals surface area contributed by atoms with Crippen LogP contribution >= 0.6 is 0 Å². The largest absolute Gasteiger partial charge is 0.389 e. The molecule has 1 aliphatic carbocycles. The molecule has 1 saturated heterocycles. The Morgan fingerprint density at radius 1 is 0.949 bits per heavy atom. The fourth-order valence-corrected chi connectivity index (χ4v) is 4.99. The van der Waals surface area contributed by atoms with Crippen LogP contribution in [0.25, 0.3) is 11.1 Å². The van der Waals surface area contributed by atoms with Crippen molar-refractivity contribution in [1.29, 1.82) is 0 Å². The lowest BCUT2D eigenvalue weighted by molar-refractivity contribution is 0.0747. The van der Waals surface area contributed by atoms with E-state index in [-0.39, 0.29) is 16.4 Å². The number of nitrogens with zero attached hydrogens (tertiary/aromatic N) is 2. The van der Waals surface area contributed by atoms with Crippen molar-refractivity contribution >= 4 is 21.4 Å². The number of benzene rings is 3. The lowest BCUT2D eigenvalue weighted by Gasteiger charge is -2.36. The van der Waals surface area contributed by atoms with Gasteiger partial charge < -0.3 is 14.9 Å². The van der Waals surface area contributed by atoms with Crippen LogP contribution in [0.1, 0.15) is 48.7 Å². The highest BCUT2D eigenvalue weighted by Crippen LogP contribution is 2.30. The Bertz CT molecular complexity index is 1430. The number of amides is 1. The van der Waals surface area contributed by atoms with Crippen LogP contribution in [0.2, 0.25) is 0 Å². The third kappa shape index (κ3) is 7.22. The second kappa shape index (κ2) is 11.8. The standard InChI is InChI=1S/C26H26F2N2O4S.C4H8/c1-17(31)19-5-10-25(24(28)15-19)29-11-13-30(14-12-29)26(32)23-16-21(35(2,33)34)8-9-22(23)18-3-6-20(27)7-4-18;1-4-2-3-4/h3-10,15-17,31H,11-14H2,1-2H3;4H,2-3H2,1H3. The van der Waals surface area contributed by atoms with E-state index in [1.54, 1.807) is 42.2 Å². The highest BCUT2D eigenvalue weighted by Gasteiger charge is 2.27. The van der Waals surface area contributed by atoms with Gasteiger partial charge in [0, 0.05) is 38.0 Å². The van der Waals surface area contributed by atoms with Gasteiger partial charge in [0.1, 0.15) is 11.6 Å². The van der Waals surface area contributed by atoms with Gasteiger partial charge in [-0.25, -0.2) is 17.2 Å². The minimum absolute atomic E-state index is 0.0191. The van der Waals surface area contributed by atoms with Gasteiger partial charge >= 0.3 is 0 Å². The Kier molecular flexibility index (Phi) is 8.71. The zero-order valence-electron chi connectivity index (χ0n) is 22.4.